The van der Waals surface area contributed by atoms with Crippen LogP contribution in [0, 0.1) is 20.8 Å². The molecule has 0 spiro atoms. The number of hydrogen-bond acceptors (Lipinski definition) is 3. The standard InChI is InChI=1S/C19H22N2O2/c1-13-11-16-17(12-14(13)2)21(15(3)20-16)9-10-23-19-8-6-5-7-18(19)22-4/h5-8,11-12H,9-10H2,1-4H3. The molecule has 0 saturated heterocycles. The number of fused-ring (bicyclic) bond motifs is 1. The van der Waals surface area contributed by atoms with Gasteiger partial charge in [0.05, 0.1) is 24.7 Å². The summed E-state index contributed by atoms with van der Waals surface area (Å²) in [6, 6.07) is 12.1. The van der Waals surface area contributed by atoms with Gasteiger partial charge in [0.2, 0.25) is 0 Å². The van der Waals surface area contributed by atoms with Gasteiger partial charge in [-0.1, -0.05) is 12.1 Å². The van der Waals surface area contributed by atoms with Crippen LogP contribution in [0.1, 0.15) is 17.0 Å². The molecule has 23 heavy (non-hydrogen) atoms. The van der Waals surface area contributed by atoms with Crippen molar-refractivity contribution in [2.45, 2.75) is 27.3 Å². The summed E-state index contributed by atoms with van der Waals surface area (Å²) in [5, 5.41) is 0. The number of nitrogens with zero attached hydrogens (tertiary/aromatic N) is 2. The molecule has 0 radical (unpaired) electrons. The summed E-state index contributed by atoms with van der Waals surface area (Å²) in [5.41, 5.74) is 4.76. The SMILES string of the molecule is COc1ccccc1OCCn1c(C)nc2cc(C)c(C)cc21. The second-order valence-corrected chi connectivity index (χ2v) is 5.74. The van der Waals surface area contributed by atoms with Gasteiger partial charge in [-0.15, -0.1) is 0 Å². The Morgan fingerprint density at radius 3 is 2.43 bits per heavy atom. The van der Waals surface area contributed by atoms with E-state index in [4.69, 9.17) is 9.47 Å². The maximum atomic E-state index is 5.89. The Morgan fingerprint density at radius 2 is 1.70 bits per heavy atom. The van der Waals surface area contributed by atoms with Crippen LogP contribution in [-0.4, -0.2) is 23.3 Å². The van der Waals surface area contributed by atoms with E-state index in [0.717, 1.165) is 34.9 Å². The molecule has 0 unspecified atom stereocenters. The van der Waals surface area contributed by atoms with Crippen molar-refractivity contribution in [1.29, 1.82) is 0 Å². The fraction of sp³-hybridized carbons (Fsp3) is 0.316. The highest BCUT2D eigenvalue weighted by atomic mass is 16.5. The lowest BCUT2D eigenvalue weighted by Gasteiger charge is -2.12. The first-order valence-corrected chi connectivity index (χ1v) is 7.80. The molecule has 0 amide bonds. The molecular weight excluding hydrogens is 288 g/mol. The van der Waals surface area contributed by atoms with Crippen molar-refractivity contribution in [1.82, 2.24) is 9.55 Å². The molecule has 4 heteroatoms. The average Bonchev–Trinajstić information content (AvgIpc) is 2.83. The van der Waals surface area contributed by atoms with Crippen LogP contribution < -0.4 is 9.47 Å². The number of aryl methyl sites for hydroxylation is 3. The third-order valence-corrected chi connectivity index (χ3v) is 4.20. The first kappa shape index (κ1) is 15.4. The molecule has 120 valence electrons. The van der Waals surface area contributed by atoms with Gasteiger partial charge in [-0.2, -0.15) is 0 Å². The largest absolute Gasteiger partial charge is 0.493 e. The van der Waals surface area contributed by atoms with E-state index in [-0.39, 0.29) is 0 Å². The van der Waals surface area contributed by atoms with Crippen molar-refractivity contribution in [2.75, 3.05) is 13.7 Å². The lowest BCUT2D eigenvalue weighted by Crippen LogP contribution is -2.10. The Hall–Kier alpha value is -2.49. The summed E-state index contributed by atoms with van der Waals surface area (Å²) < 4.78 is 13.4. The van der Waals surface area contributed by atoms with Crippen molar-refractivity contribution in [2.24, 2.45) is 0 Å². The quantitative estimate of drug-likeness (QED) is 0.713. The fourth-order valence-electron chi connectivity index (χ4n) is 2.77. The van der Waals surface area contributed by atoms with E-state index in [2.05, 4.69) is 35.5 Å². The van der Waals surface area contributed by atoms with Gasteiger partial charge in [-0.05, 0) is 56.2 Å². The van der Waals surface area contributed by atoms with Crippen LogP contribution in [0.3, 0.4) is 0 Å². The number of imidazole rings is 1. The van der Waals surface area contributed by atoms with E-state index in [1.54, 1.807) is 7.11 Å². The predicted molar refractivity (Wildman–Crippen MR) is 92.4 cm³/mol. The lowest BCUT2D eigenvalue weighted by atomic mass is 10.1. The average molecular weight is 310 g/mol. The van der Waals surface area contributed by atoms with Gasteiger partial charge in [-0.25, -0.2) is 4.98 Å². The third-order valence-electron chi connectivity index (χ3n) is 4.20. The molecule has 4 nitrogen and oxygen atoms in total. The van der Waals surface area contributed by atoms with E-state index < -0.39 is 0 Å². The number of aromatic nitrogens is 2. The van der Waals surface area contributed by atoms with E-state index >= 15 is 0 Å². The molecule has 0 aliphatic carbocycles. The Bertz CT molecular complexity index is 837. The van der Waals surface area contributed by atoms with Crippen LogP contribution >= 0.6 is 0 Å². The molecule has 3 aromatic rings. The molecule has 0 aliphatic heterocycles. The van der Waals surface area contributed by atoms with E-state index in [0.29, 0.717) is 6.61 Å². The summed E-state index contributed by atoms with van der Waals surface area (Å²) >= 11 is 0. The summed E-state index contributed by atoms with van der Waals surface area (Å²) in [5.74, 6) is 2.53. The lowest BCUT2D eigenvalue weighted by molar-refractivity contribution is 0.280. The minimum atomic E-state index is 0.569. The van der Waals surface area contributed by atoms with Gasteiger partial charge >= 0.3 is 0 Å². The van der Waals surface area contributed by atoms with Crippen molar-refractivity contribution in [3.8, 4) is 11.5 Å². The van der Waals surface area contributed by atoms with Gasteiger partial charge in [0.1, 0.15) is 12.4 Å². The first-order chi connectivity index (χ1) is 11.1. The van der Waals surface area contributed by atoms with Crippen LogP contribution in [0.15, 0.2) is 36.4 Å². The molecule has 0 aliphatic rings. The number of hydrogen-bond donors (Lipinski definition) is 0. The molecule has 2 aromatic carbocycles. The van der Waals surface area contributed by atoms with Crippen LogP contribution in [0.25, 0.3) is 11.0 Å². The number of ether oxygens (including phenoxy) is 2. The van der Waals surface area contributed by atoms with Crippen LogP contribution in [0.4, 0.5) is 0 Å². The second kappa shape index (κ2) is 6.32. The molecular formula is C19H22N2O2. The molecule has 1 aromatic heterocycles. The van der Waals surface area contributed by atoms with Gasteiger partial charge in [-0.3, -0.25) is 0 Å². The van der Waals surface area contributed by atoms with Gasteiger partial charge in [0.15, 0.2) is 11.5 Å². The normalized spacial score (nSPS) is 11.0. The number of para-hydroxylation sites is 2. The number of benzene rings is 2. The molecule has 1 heterocycles. The zero-order chi connectivity index (χ0) is 16.4. The zero-order valence-electron chi connectivity index (χ0n) is 14.1. The predicted octanol–water partition coefficient (Wildman–Crippen LogP) is 4.05. The molecule has 0 N–H and O–H groups in total. The Morgan fingerprint density at radius 1 is 1.00 bits per heavy atom. The smallest absolute Gasteiger partial charge is 0.161 e. The summed E-state index contributed by atoms with van der Waals surface area (Å²) in [4.78, 5) is 4.66. The summed E-state index contributed by atoms with van der Waals surface area (Å²) in [6.07, 6.45) is 0. The zero-order valence-corrected chi connectivity index (χ0v) is 14.1. The fourth-order valence-corrected chi connectivity index (χ4v) is 2.77. The van der Waals surface area contributed by atoms with Gasteiger partial charge in [0.25, 0.3) is 0 Å². The second-order valence-electron chi connectivity index (χ2n) is 5.74. The topological polar surface area (TPSA) is 36.3 Å². The van der Waals surface area contributed by atoms with Gasteiger partial charge < -0.3 is 14.0 Å². The number of methoxy groups -OCH3 is 1. The van der Waals surface area contributed by atoms with Crippen molar-refractivity contribution >= 4 is 11.0 Å². The summed E-state index contributed by atoms with van der Waals surface area (Å²) in [7, 11) is 1.65. The van der Waals surface area contributed by atoms with Crippen LogP contribution in [-0.2, 0) is 6.54 Å². The first-order valence-electron chi connectivity index (χ1n) is 7.80. The maximum Gasteiger partial charge on any atom is 0.161 e. The highest BCUT2D eigenvalue weighted by molar-refractivity contribution is 5.78. The summed E-state index contributed by atoms with van der Waals surface area (Å²) in [6.45, 7) is 7.61. The third kappa shape index (κ3) is 3.02. The molecule has 3 rings (SSSR count). The van der Waals surface area contributed by atoms with Crippen molar-refractivity contribution in [3.05, 3.63) is 53.3 Å². The molecule has 0 bridgehead atoms. The van der Waals surface area contributed by atoms with E-state index in [1.807, 2.05) is 31.2 Å². The van der Waals surface area contributed by atoms with Crippen LogP contribution in [0.2, 0.25) is 0 Å². The Labute approximate surface area is 136 Å². The highest BCUT2D eigenvalue weighted by Crippen LogP contribution is 2.26. The van der Waals surface area contributed by atoms with Gasteiger partial charge in [0, 0.05) is 0 Å². The number of rotatable bonds is 5. The minimum absolute atomic E-state index is 0.569. The maximum absolute atomic E-state index is 5.89. The van der Waals surface area contributed by atoms with E-state index in [1.165, 1.54) is 11.1 Å². The Kier molecular flexibility index (Phi) is 4.24. The minimum Gasteiger partial charge on any atom is -0.493 e. The highest BCUT2D eigenvalue weighted by Gasteiger charge is 2.10. The molecule has 0 atom stereocenters. The van der Waals surface area contributed by atoms with Crippen molar-refractivity contribution in [3.63, 3.8) is 0 Å². The van der Waals surface area contributed by atoms with Crippen LogP contribution in [0.5, 0.6) is 11.5 Å². The Balaban J connectivity index is 1.79. The molecule has 0 fully saturated rings. The monoisotopic (exact) mass is 310 g/mol. The van der Waals surface area contributed by atoms with E-state index in [9.17, 15) is 0 Å². The van der Waals surface area contributed by atoms with Crippen molar-refractivity contribution < 1.29 is 9.47 Å². The molecule has 0 saturated carbocycles.